The Morgan fingerprint density at radius 3 is 2.22 bits per heavy atom. The minimum atomic E-state index is 0.193. The van der Waals surface area contributed by atoms with Gasteiger partial charge < -0.3 is 19.4 Å². The molecule has 0 saturated carbocycles. The number of quaternary nitrogens is 1. The van der Waals surface area contributed by atoms with Crippen LogP contribution in [0, 0.1) is 0 Å². The van der Waals surface area contributed by atoms with Gasteiger partial charge in [0.1, 0.15) is 25.3 Å². The lowest BCUT2D eigenvalue weighted by atomic mass is 10.2. The van der Waals surface area contributed by atoms with Crippen LogP contribution in [0.2, 0.25) is 0 Å². The average Bonchev–Trinajstić information content (AvgIpc) is 2.46. The maximum absolute atomic E-state index is 12.5. The van der Waals surface area contributed by atoms with Crippen molar-refractivity contribution >= 4 is 11.6 Å². The third kappa shape index (κ3) is 5.22. The highest BCUT2D eigenvalue weighted by Gasteiger charge is 2.28. The van der Waals surface area contributed by atoms with E-state index in [1.807, 2.05) is 26.0 Å². The van der Waals surface area contributed by atoms with E-state index in [0.717, 1.165) is 18.7 Å². The summed E-state index contributed by atoms with van der Waals surface area (Å²) in [4.78, 5) is 17.7. The number of carbonyl (C=O) groups is 1. The van der Waals surface area contributed by atoms with Crippen molar-refractivity contribution in [3.63, 3.8) is 0 Å². The lowest BCUT2D eigenvalue weighted by molar-refractivity contribution is -0.907. The summed E-state index contributed by atoms with van der Waals surface area (Å²) < 4.78 is 5.73. The summed E-state index contributed by atoms with van der Waals surface area (Å²) in [6.45, 7) is 7.17. The molecule has 1 N–H and O–H groups in total. The molecule has 128 valence electrons. The van der Waals surface area contributed by atoms with Crippen molar-refractivity contribution in [2.45, 2.75) is 32.6 Å². The van der Waals surface area contributed by atoms with Gasteiger partial charge in [-0.15, -0.1) is 0 Å². The standard InChI is InChI=1S/C18H29N3O2/c1-14-10-21(11-15(2)23-14)13-18(22)20(5)12-16-6-8-17(9-7-16)19(3)4/h6-9,14-15H,10-13H2,1-5H3/p+1/t14-,15-/m1/s1. The van der Waals surface area contributed by atoms with E-state index in [9.17, 15) is 4.79 Å². The van der Waals surface area contributed by atoms with Gasteiger partial charge in [-0.05, 0) is 31.5 Å². The molecular weight excluding hydrogens is 290 g/mol. The third-order valence-electron chi connectivity index (χ3n) is 4.32. The molecule has 1 aromatic rings. The van der Waals surface area contributed by atoms with Crippen molar-refractivity contribution in [3.8, 4) is 0 Å². The van der Waals surface area contributed by atoms with Crippen LogP contribution in [-0.2, 0) is 16.1 Å². The maximum Gasteiger partial charge on any atom is 0.277 e. The van der Waals surface area contributed by atoms with E-state index in [1.165, 1.54) is 10.6 Å². The smallest absolute Gasteiger partial charge is 0.277 e. The first-order valence-corrected chi connectivity index (χ1v) is 8.34. The molecule has 23 heavy (non-hydrogen) atoms. The van der Waals surface area contributed by atoms with E-state index in [1.54, 1.807) is 0 Å². The van der Waals surface area contributed by atoms with Gasteiger partial charge in [-0.3, -0.25) is 4.79 Å². The zero-order valence-corrected chi connectivity index (χ0v) is 15.0. The molecule has 0 unspecified atom stereocenters. The van der Waals surface area contributed by atoms with Gasteiger partial charge in [0, 0.05) is 33.4 Å². The zero-order valence-electron chi connectivity index (χ0n) is 15.0. The SMILES string of the molecule is C[C@@H]1C[NH+](CC(=O)N(C)Cc2ccc(N(C)C)cc2)C[C@@H](C)O1. The minimum absolute atomic E-state index is 0.193. The van der Waals surface area contributed by atoms with Gasteiger partial charge in [-0.2, -0.15) is 0 Å². The lowest BCUT2D eigenvalue weighted by Crippen LogP contribution is -3.16. The second kappa shape index (κ2) is 7.79. The second-order valence-corrected chi connectivity index (χ2v) is 6.90. The minimum Gasteiger partial charge on any atom is -0.378 e. The molecule has 5 heteroatoms. The largest absolute Gasteiger partial charge is 0.378 e. The molecule has 0 aromatic heterocycles. The molecule has 1 aliphatic rings. The van der Waals surface area contributed by atoms with Gasteiger partial charge in [0.05, 0.1) is 0 Å². The Kier molecular flexibility index (Phi) is 6.02. The molecule has 1 fully saturated rings. The molecule has 1 aromatic carbocycles. The zero-order chi connectivity index (χ0) is 17.0. The highest BCUT2D eigenvalue weighted by molar-refractivity contribution is 5.76. The molecule has 0 aliphatic carbocycles. The highest BCUT2D eigenvalue weighted by atomic mass is 16.5. The van der Waals surface area contributed by atoms with Crippen LogP contribution < -0.4 is 9.80 Å². The molecule has 1 aliphatic heterocycles. The fourth-order valence-electron chi connectivity index (χ4n) is 3.14. The van der Waals surface area contributed by atoms with Crippen LogP contribution in [0.25, 0.3) is 0 Å². The number of anilines is 1. The quantitative estimate of drug-likeness (QED) is 0.853. The first kappa shape index (κ1) is 17.8. The van der Waals surface area contributed by atoms with E-state index < -0.39 is 0 Å². The number of likely N-dealkylation sites (N-methyl/N-ethyl adjacent to an activating group) is 1. The van der Waals surface area contributed by atoms with Gasteiger partial charge in [0.2, 0.25) is 0 Å². The van der Waals surface area contributed by atoms with Gasteiger partial charge in [-0.1, -0.05) is 12.1 Å². The molecule has 1 heterocycles. The first-order chi connectivity index (χ1) is 10.8. The van der Waals surface area contributed by atoms with Crippen molar-refractivity contribution < 1.29 is 14.4 Å². The van der Waals surface area contributed by atoms with Crippen LogP contribution in [0.15, 0.2) is 24.3 Å². The number of benzene rings is 1. The normalized spacial score (nSPS) is 24.3. The maximum atomic E-state index is 12.5. The van der Waals surface area contributed by atoms with Crippen molar-refractivity contribution in [3.05, 3.63) is 29.8 Å². The summed E-state index contributed by atoms with van der Waals surface area (Å²) in [5.74, 6) is 0.193. The number of carbonyl (C=O) groups excluding carboxylic acids is 1. The van der Waals surface area contributed by atoms with Crippen LogP contribution in [-0.4, -0.2) is 63.8 Å². The summed E-state index contributed by atoms with van der Waals surface area (Å²) in [5.41, 5.74) is 2.33. The number of rotatable bonds is 5. The predicted octanol–water partition coefficient (Wildman–Crippen LogP) is 0.403. The van der Waals surface area contributed by atoms with Gasteiger partial charge in [0.25, 0.3) is 5.91 Å². The third-order valence-corrected chi connectivity index (χ3v) is 4.32. The van der Waals surface area contributed by atoms with E-state index in [4.69, 9.17) is 4.74 Å². The molecule has 2 atom stereocenters. The highest BCUT2D eigenvalue weighted by Crippen LogP contribution is 2.13. The Bertz CT molecular complexity index is 506. The fraction of sp³-hybridized carbons (Fsp3) is 0.611. The van der Waals surface area contributed by atoms with Crippen LogP contribution in [0.4, 0.5) is 5.69 Å². The predicted molar refractivity (Wildman–Crippen MR) is 92.8 cm³/mol. The molecule has 0 spiro atoms. The topological polar surface area (TPSA) is 37.2 Å². The molecule has 1 amide bonds. The Hall–Kier alpha value is -1.59. The van der Waals surface area contributed by atoms with Crippen molar-refractivity contribution in [1.82, 2.24) is 4.90 Å². The van der Waals surface area contributed by atoms with Crippen molar-refractivity contribution in [2.24, 2.45) is 0 Å². The number of hydrogen-bond donors (Lipinski definition) is 1. The van der Waals surface area contributed by atoms with Gasteiger partial charge in [0.15, 0.2) is 6.54 Å². The van der Waals surface area contributed by atoms with Crippen molar-refractivity contribution in [1.29, 1.82) is 0 Å². The summed E-state index contributed by atoms with van der Waals surface area (Å²) >= 11 is 0. The number of morpholine rings is 1. The number of ether oxygens (including phenoxy) is 1. The molecule has 1 saturated heterocycles. The van der Waals surface area contributed by atoms with Gasteiger partial charge in [-0.25, -0.2) is 0 Å². The Morgan fingerprint density at radius 2 is 1.70 bits per heavy atom. The summed E-state index contributed by atoms with van der Waals surface area (Å²) in [5, 5.41) is 0. The van der Waals surface area contributed by atoms with Crippen LogP contribution >= 0.6 is 0 Å². The summed E-state index contributed by atoms with van der Waals surface area (Å²) in [6.07, 6.45) is 0.455. The van der Waals surface area contributed by atoms with E-state index >= 15 is 0 Å². The molecule has 0 bridgehead atoms. The Labute approximate surface area is 139 Å². The fourth-order valence-corrected chi connectivity index (χ4v) is 3.14. The number of nitrogens with one attached hydrogen (secondary N) is 1. The van der Waals surface area contributed by atoms with Gasteiger partial charge >= 0.3 is 0 Å². The average molecular weight is 320 g/mol. The number of amides is 1. The lowest BCUT2D eigenvalue weighted by Gasteiger charge is -2.32. The molecule has 2 rings (SSSR count). The second-order valence-electron chi connectivity index (χ2n) is 6.90. The van der Waals surface area contributed by atoms with Crippen LogP contribution in [0.1, 0.15) is 19.4 Å². The summed E-state index contributed by atoms with van der Waals surface area (Å²) in [7, 11) is 5.93. The molecule has 5 nitrogen and oxygen atoms in total. The molecule has 0 radical (unpaired) electrons. The monoisotopic (exact) mass is 320 g/mol. The molecular formula is C18H30N3O2+. The van der Waals surface area contributed by atoms with E-state index in [-0.39, 0.29) is 18.1 Å². The Balaban J connectivity index is 1.87. The van der Waals surface area contributed by atoms with Crippen LogP contribution in [0.5, 0.6) is 0 Å². The van der Waals surface area contributed by atoms with E-state index in [0.29, 0.717) is 13.1 Å². The summed E-state index contributed by atoms with van der Waals surface area (Å²) in [6, 6.07) is 8.35. The van der Waals surface area contributed by atoms with Crippen LogP contribution in [0.3, 0.4) is 0 Å². The van der Waals surface area contributed by atoms with Crippen molar-refractivity contribution in [2.75, 3.05) is 45.7 Å². The van der Waals surface area contributed by atoms with E-state index in [2.05, 4.69) is 43.0 Å². The number of nitrogens with zero attached hydrogens (tertiary/aromatic N) is 2. The number of hydrogen-bond acceptors (Lipinski definition) is 3. The Morgan fingerprint density at radius 1 is 1.13 bits per heavy atom. The first-order valence-electron chi connectivity index (χ1n) is 8.34.